The highest BCUT2D eigenvalue weighted by Crippen LogP contribution is 2.52. The van der Waals surface area contributed by atoms with Gasteiger partial charge >= 0.3 is 0 Å². The van der Waals surface area contributed by atoms with Gasteiger partial charge in [0.1, 0.15) is 6.72 Å². The van der Waals surface area contributed by atoms with Crippen molar-refractivity contribution >= 4 is 6.72 Å². The summed E-state index contributed by atoms with van der Waals surface area (Å²) < 4.78 is 2.43. The molecule has 0 aromatic heterocycles. The van der Waals surface area contributed by atoms with Gasteiger partial charge in [-0.2, -0.15) is 0 Å². The third-order valence-corrected chi connectivity index (χ3v) is 4.47. The minimum atomic E-state index is 0.481. The zero-order chi connectivity index (χ0) is 8.34. The molecule has 4 aliphatic rings. The lowest BCUT2D eigenvalue weighted by Gasteiger charge is -2.51. The first-order valence-electron chi connectivity index (χ1n) is 5.27. The molecule has 2 unspecified atom stereocenters. The van der Waals surface area contributed by atoms with Crippen LogP contribution in [0.25, 0.3) is 0 Å². The maximum absolute atomic E-state index is 4.24. The van der Waals surface area contributed by atoms with Gasteiger partial charge in [-0.15, -0.1) is 0 Å². The fourth-order valence-electron chi connectivity index (χ4n) is 4.12. The van der Waals surface area contributed by atoms with Gasteiger partial charge in [0.2, 0.25) is 0 Å². The van der Waals surface area contributed by atoms with Gasteiger partial charge in [0.05, 0.1) is 0 Å². The van der Waals surface area contributed by atoms with Crippen molar-refractivity contribution in [1.29, 1.82) is 0 Å². The zero-order valence-corrected chi connectivity index (χ0v) is 7.92. The van der Waals surface area contributed by atoms with E-state index in [0.717, 1.165) is 17.9 Å². The Morgan fingerprint density at radius 3 is 2.25 bits per heavy atom. The van der Waals surface area contributed by atoms with Crippen LogP contribution in [0.1, 0.15) is 39.0 Å². The van der Waals surface area contributed by atoms with Crippen LogP contribution in [0, 0.1) is 11.8 Å². The Balaban J connectivity index is 2.02. The average molecular weight is 164 g/mol. The molecule has 2 saturated heterocycles. The van der Waals surface area contributed by atoms with Crippen molar-refractivity contribution in [3.63, 3.8) is 0 Å². The maximum atomic E-state index is 4.24. The number of hydrogen-bond donors (Lipinski definition) is 0. The molecule has 2 atom stereocenters. The molecule has 2 saturated carbocycles. The van der Waals surface area contributed by atoms with Crippen LogP contribution in [-0.4, -0.2) is 22.9 Å². The minimum Gasteiger partial charge on any atom is -0.235 e. The van der Waals surface area contributed by atoms with Crippen LogP contribution in [0.5, 0.6) is 0 Å². The molecule has 2 heterocycles. The lowest BCUT2D eigenvalue weighted by molar-refractivity contribution is -0.666. The summed E-state index contributed by atoms with van der Waals surface area (Å²) in [6, 6.07) is 0.834. The molecule has 4 rings (SSSR count). The first-order valence-corrected chi connectivity index (χ1v) is 5.27. The SMILES string of the molecule is C=[N+]1C2CC3CC(C2)CC1(C)C3. The normalized spacial score (nSPS) is 56.4. The number of piperidine rings is 2. The van der Waals surface area contributed by atoms with Crippen molar-refractivity contribution in [1.82, 2.24) is 0 Å². The average Bonchev–Trinajstić information content (AvgIpc) is 1.98. The second-order valence-electron chi connectivity index (χ2n) is 5.47. The monoisotopic (exact) mass is 164 g/mol. The molecule has 1 heteroatoms. The lowest BCUT2D eigenvalue weighted by atomic mass is 9.59. The molecule has 0 radical (unpaired) electrons. The van der Waals surface area contributed by atoms with Gasteiger partial charge in [-0.25, -0.2) is 4.58 Å². The van der Waals surface area contributed by atoms with Gasteiger partial charge in [0, 0.05) is 32.6 Å². The van der Waals surface area contributed by atoms with Crippen molar-refractivity contribution in [2.24, 2.45) is 11.8 Å². The van der Waals surface area contributed by atoms with Gasteiger partial charge < -0.3 is 0 Å². The van der Waals surface area contributed by atoms with Crippen LogP contribution >= 0.6 is 0 Å². The van der Waals surface area contributed by atoms with E-state index in [-0.39, 0.29) is 0 Å². The van der Waals surface area contributed by atoms with E-state index in [1.54, 1.807) is 0 Å². The van der Waals surface area contributed by atoms with Crippen molar-refractivity contribution < 1.29 is 4.58 Å². The standard InChI is InChI=1S/C11H18N/c1-11-6-8-3-9(7-11)5-10(4-8)12(11)2/h8-10H,2-7H2,1H3/q+1. The van der Waals surface area contributed by atoms with Gasteiger partial charge in [0.15, 0.2) is 11.6 Å². The zero-order valence-electron chi connectivity index (χ0n) is 7.92. The summed E-state index contributed by atoms with van der Waals surface area (Å²) in [7, 11) is 0. The molecule has 4 bridgehead atoms. The largest absolute Gasteiger partial charge is 0.235 e. The Hall–Kier alpha value is -0.330. The smallest absolute Gasteiger partial charge is 0.159 e. The Bertz CT molecular complexity index is 229. The highest BCUT2D eigenvalue weighted by molar-refractivity contribution is 5.18. The molecule has 4 fully saturated rings. The molecular formula is C11H18N+. The predicted molar refractivity (Wildman–Crippen MR) is 49.6 cm³/mol. The number of rotatable bonds is 0. The van der Waals surface area contributed by atoms with Crippen molar-refractivity contribution in [2.75, 3.05) is 0 Å². The summed E-state index contributed by atoms with van der Waals surface area (Å²) in [6.45, 7) is 6.66. The van der Waals surface area contributed by atoms with Gasteiger partial charge in [-0.05, 0) is 18.3 Å². The summed E-state index contributed by atoms with van der Waals surface area (Å²) in [4.78, 5) is 0. The van der Waals surface area contributed by atoms with E-state index in [0.29, 0.717) is 5.54 Å². The molecular weight excluding hydrogens is 146 g/mol. The molecule has 66 valence electrons. The van der Waals surface area contributed by atoms with E-state index >= 15 is 0 Å². The molecule has 0 aromatic carbocycles. The van der Waals surface area contributed by atoms with Crippen molar-refractivity contribution in [2.45, 2.75) is 50.6 Å². The predicted octanol–water partition coefficient (Wildman–Crippen LogP) is 2.05. The Kier molecular flexibility index (Phi) is 1.15. The van der Waals surface area contributed by atoms with E-state index in [1.807, 2.05) is 0 Å². The van der Waals surface area contributed by atoms with E-state index in [2.05, 4.69) is 18.2 Å². The van der Waals surface area contributed by atoms with Crippen LogP contribution in [-0.2, 0) is 0 Å². The summed E-state index contributed by atoms with van der Waals surface area (Å²) >= 11 is 0. The van der Waals surface area contributed by atoms with E-state index in [9.17, 15) is 0 Å². The molecule has 2 aliphatic heterocycles. The van der Waals surface area contributed by atoms with E-state index in [1.165, 1.54) is 32.1 Å². The van der Waals surface area contributed by atoms with Crippen LogP contribution < -0.4 is 0 Å². The summed E-state index contributed by atoms with van der Waals surface area (Å²) in [5.74, 6) is 2.09. The fourth-order valence-corrected chi connectivity index (χ4v) is 4.12. The first kappa shape index (κ1) is 7.11. The van der Waals surface area contributed by atoms with E-state index in [4.69, 9.17) is 0 Å². The van der Waals surface area contributed by atoms with Crippen LogP contribution in [0.2, 0.25) is 0 Å². The minimum absolute atomic E-state index is 0.481. The summed E-state index contributed by atoms with van der Waals surface area (Å²) in [5, 5.41) is 0. The molecule has 0 amide bonds. The Morgan fingerprint density at radius 2 is 1.75 bits per heavy atom. The molecule has 1 nitrogen and oxygen atoms in total. The lowest BCUT2D eigenvalue weighted by Crippen LogP contribution is -2.59. The third-order valence-electron chi connectivity index (χ3n) is 4.47. The molecule has 0 aromatic rings. The first-order chi connectivity index (χ1) is 5.67. The molecule has 2 aliphatic carbocycles. The van der Waals surface area contributed by atoms with Crippen LogP contribution in [0.4, 0.5) is 0 Å². The summed E-state index contributed by atoms with van der Waals surface area (Å²) in [5.41, 5.74) is 0.481. The highest BCUT2D eigenvalue weighted by Gasteiger charge is 2.56. The maximum Gasteiger partial charge on any atom is 0.159 e. The van der Waals surface area contributed by atoms with E-state index < -0.39 is 0 Å². The number of hydrogen-bond acceptors (Lipinski definition) is 0. The van der Waals surface area contributed by atoms with Gasteiger partial charge in [-0.3, -0.25) is 0 Å². The molecule has 12 heavy (non-hydrogen) atoms. The second-order valence-corrected chi connectivity index (χ2v) is 5.47. The number of nitrogens with zero attached hydrogens (tertiary/aromatic N) is 1. The van der Waals surface area contributed by atoms with Crippen molar-refractivity contribution in [3.05, 3.63) is 0 Å². The Morgan fingerprint density at radius 1 is 1.17 bits per heavy atom. The fraction of sp³-hybridized carbons (Fsp3) is 0.909. The third kappa shape index (κ3) is 0.725. The van der Waals surface area contributed by atoms with Crippen LogP contribution in [0.3, 0.4) is 0 Å². The quantitative estimate of drug-likeness (QED) is 0.482. The second kappa shape index (κ2) is 1.94. The van der Waals surface area contributed by atoms with Gasteiger partial charge in [-0.1, -0.05) is 0 Å². The highest BCUT2D eigenvalue weighted by atomic mass is 15.1. The topological polar surface area (TPSA) is 3.01 Å². The molecule has 0 spiro atoms. The van der Waals surface area contributed by atoms with Crippen LogP contribution in [0.15, 0.2) is 0 Å². The summed E-state index contributed by atoms with van der Waals surface area (Å²) in [6.07, 6.45) is 7.25. The molecule has 0 N–H and O–H groups in total. The van der Waals surface area contributed by atoms with Gasteiger partial charge in [0.25, 0.3) is 0 Å². The Labute approximate surface area is 74.5 Å². The van der Waals surface area contributed by atoms with Crippen molar-refractivity contribution in [3.8, 4) is 0 Å².